The predicted molar refractivity (Wildman–Crippen MR) is 85.9 cm³/mol. The van der Waals surface area contributed by atoms with Crippen LogP contribution in [-0.2, 0) is 11.3 Å². The Kier molecular flexibility index (Phi) is 4.73. The quantitative estimate of drug-likeness (QED) is 0.912. The van der Waals surface area contributed by atoms with E-state index in [4.69, 9.17) is 0 Å². The van der Waals surface area contributed by atoms with Gasteiger partial charge in [0.25, 0.3) is 0 Å². The van der Waals surface area contributed by atoms with Crippen LogP contribution in [-0.4, -0.2) is 48.9 Å². The smallest absolute Gasteiger partial charge is 0.222 e. The number of nitrogens with zero attached hydrogens (tertiary/aromatic N) is 5. The van der Waals surface area contributed by atoms with Crippen LogP contribution in [0.3, 0.4) is 0 Å². The number of aryl methyl sites for hydroxylation is 3. The van der Waals surface area contributed by atoms with Crippen LogP contribution in [0.15, 0.2) is 12.4 Å². The van der Waals surface area contributed by atoms with Crippen LogP contribution in [0.4, 0.5) is 0 Å². The summed E-state index contributed by atoms with van der Waals surface area (Å²) in [6.07, 6.45) is 5.01. The van der Waals surface area contributed by atoms with Gasteiger partial charge in [-0.25, -0.2) is 4.98 Å². The lowest BCUT2D eigenvalue weighted by Gasteiger charge is -2.31. The van der Waals surface area contributed by atoms with E-state index in [1.54, 1.807) is 0 Å². The van der Waals surface area contributed by atoms with Gasteiger partial charge in [0.05, 0.1) is 5.69 Å². The Balaban J connectivity index is 1.49. The molecule has 0 bridgehead atoms. The summed E-state index contributed by atoms with van der Waals surface area (Å²) in [7, 11) is 0. The average Bonchev–Trinajstić information content (AvgIpc) is 3.17. The summed E-state index contributed by atoms with van der Waals surface area (Å²) in [5.74, 6) is 1.41. The highest BCUT2D eigenvalue weighted by Crippen LogP contribution is 2.24. The molecule has 1 N–H and O–H groups in total. The monoisotopic (exact) mass is 316 g/mol. The highest BCUT2D eigenvalue weighted by molar-refractivity contribution is 5.76. The molecule has 0 aromatic carbocycles. The molecule has 3 rings (SSSR count). The molecular weight excluding hydrogens is 292 g/mol. The number of piperidine rings is 1. The maximum absolute atomic E-state index is 12.4. The number of amides is 1. The second-order valence-electron chi connectivity index (χ2n) is 6.30. The molecule has 0 saturated carbocycles. The van der Waals surface area contributed by atoms with Crippen molar-refractivity contribution in [3.05, 3.63) is 29.6 Å². The van der Waals surface area contributed by atoms with Crippen molar-refractivity contribution >= 4 is 5.91 Å². The largest absolute Gasteiger partial charge is 0.342 e. The first-order chi connectivity index (χ1) is 11.1. The van der Waals surface area contributed by atoms with Crippen molar-refractivity contribution in [1.82, 2.24) is 29.9 Å². The predicted octanol–water partition coefficient (Wildman–Crippen LogP) is 1.80. The number of carbonyl (C=O) groups excluding carboxylic acids is 1. The van der Waals surface area contributed by atoms with Crippen LogP contribution in [0, 0.1) is 13.8 Å². The Hall–Kier alpha value is -2.18. The fourth-order valence-electron chi connectivity index (χ4n) is 3.28. The number of carbonyl (C=O) groups is 1. The van der Waals surface area contributed by atoms with E-state index in [0.29, 0.717) is 6.42 Å². The summed E-state index contributed by atoms with van der Waals surface area (Å²) >= 11 is 0. The molecule has 23 heavy (non-hydrogen) atoms. The van der Waals surface area contributed by atoms with Gasteiger partial charge in [0, 0.05) is 37.7 Å². The molecule has 0 spiro atoms. The molecule has 7 heteroatoms. The lowest BCUT2D eigenvalue weighted by atomic mass is 9.97. The van der Waals surface area contributed by atoms with Crippen molar-refractivity contribution in [1.29, 1.82) is 0 Å². The Morgan fingerprint density at radius 2 is 2.30 bits per heavy atom. The van der Waals surface area contributed by atoms with Crippen LogP contribution in [0.25, 0.3) is 0 Å². The second kappa shape index (κ2) is 6.93. The normalized spacial score (nSPS) is 18.3. The SMILES string of the molecule is Cc1cc(C)n(CCCC(=O)N2CCC[C@H](c3ncn[nH]3)C2)n1. The summed E-state index contributed by atoms with van der Waals surface area (Å²) < 4.78 is 1.98. The molecule has 0 aliphatic carbocycles. The summed E-state index contributed by atoms with van der Waals surface area (Å²) in [5.41, 5.74) is 2.18. The number of hydrogen-bond donors (Lipinski definition) is 1. The van der Waals surface area contributed by atoms with Crippen LogP contribution < -0.4 is 0 Å². The average molecular weight is 316 g/mol. The number of aromatic nitrogens is 5. The summed E-state index contributed by atoms with van der Waals surface area (Å²) in [6.45, 7) is 6.43. The molecule has 124 valence electrons. The highest BCUT2D eigenvalue weighted by Gasteiger charge is 2.26. The third kappa shape index (κ3) is 3.78. The van der Waals surface area contributed by atoms with Crippen LogP contribution in [0.2, 0.25) is 0 Å². The number of rotatable bonds is 5. The van der Waals surface area contributed by atoms with Crippen LogP contribution in [0.5, 0.6) is 0 Å². The third-order valence-electron chi connectivity index (χ3n) is 4.46. The first kappa shape index (κ1) is 15.7. The van der Waals surface area contributed by atoms with Gasteiger partial charge in [0.2, 0.25) is 5.91 Å². The summed E-state index contributed by atoms with van der Waals surface area (Å²) in [4.78, 5) is 18.6. The van der Waals surface area contributed by atoms with E-state index >= 15 is 0 Å². The fraction of sp³-hybridized carbons (Fsp3) is 0.625. The van der Waals surface area contributed by atoms with Crippen LogP contribution >= 0.6 is 0 Å². The molecule has 0 radical (unpaired) electrons. The molecule has 1 saturated heterocycles. The van der Waals surface area contributed by atoms with Crippen molar-refractivity contribution in [2.24, 2.45) is 0 Å². The van der Waals surface area contributed by atoms with Gasteiger partial charge in [0.1, 0.15) is 12.2 Å². The number of likely N-dealkylation sites (tertiary alicyclic amines) is 1. The molecule has 1 aliphatic heterocycles. The van der Waals surface area contributed by atoms with E-state index < -0.39 is 0 Å². The van der Waals surface area contributed by atoms with Crippen molar-refractivity contribution in [2.75, 3.05) is 13.1 Å². The van der Waals surface area contributed by atoms with Gasteiger partial charge in [-0.3, -0.25) is 14.6 Å². The van der Waals surface area contributed by atoms with Crippen molar-refractivity contribution in [3.8, 4) is 0 Å². The maximum atomic E-state index is 12.4. The zero-order valence-corrected chi connectivity index (χ0v) is 13.8. The number of hydrogen-bond acceptors (Lipinski definition) is 4. The standard InChI is InChI=1S/C16H24N6O/c1-12-9-13(2)22(20-12)8-4-6-15(23)21-7-3-5-14(10-21)16-17-11-18-19-16/h9,11,14H,3-8,10H2,1-2H3,(H,17,18,19)/t14-/m0/s1. The zero-order valence-electron chi connectivity index (χ0n) is 13.8. The van der Waals surface area contributed by atoms with Crippen molar-refractivity contribution in [3.63, 3.8) is 0 Å². The molecule has 1 fully saturated rings. The molecule has 1 atom stereocenters. The molecule has 7 nitrogen and oxygen atoms in total. The van der Waals surface area contributed by atoms with E-state index in [1.165, 1.54) is 6.33 Å². The van der Waals surface area contributed by atoms with Crippen molar-refractivity contribution in [2.45, 2.75) is 52.0 Å². The highest BCUT2D eigenvalue weighted by atomic mass is 16.2. The summed E-state index contributed by atoms with van der Waals surface area (Å²) in [5, 5.41) is 11.3. The molecule has 3 heterocycles. The lowest BCUT2D eigenvalue weighted by molar-refractivity contribution is -0.132. The van der Waals surface area contributed by atoms with Gasteiger partial charge < -0.3 is 4.90 Å². The minimum absolute atomic E-state index is 0.232. The van der Waals surface area contributed by atoms with E-state index in [2.05, 4.69) is 33.3 Å². The van der Waals surface area contributed by atoms with E-state index in [9.17, 15) is 4.79 Å². The van der Waals surface area contributed by atoms with Crippen LogP contribution in [0.1, 0.15) is 48.8 Å². The van der Waals surface area contributed by atoms with E-state index in [-0.39, 0.29) is 11.8 Å². The van der Waals surface area contributed by atoms with E-state index in [0.717, 1.165) is 56.1 Å². The first-order valence-electron chi connectivity index (χ1n) is 8.27. The van der Waals surface area contributed by atoms with E-state index in [1.807, 2.05) is 16.5 Å². The molecule has 2 aromatic heterocycles. The van der Waals surface area contributed by atoms with Gasteiger partial charge in [-0.2, -0.15) is 10.2 Å². The number of nitrogens with one attached hydrogen (secondary N) is 1. The Morgan fingerprint density at radius 1 is 1.43 bits per heavy atom. The third-order valence-corrected chi connectivity index (χ3v) is 4.46. The maximum Gasteiger partial charge on any atom is 0.222 e. The van der Waals surface area contributed by atoms with Gasteiger partial charge in [-0.15, -0.1) is 0 Å². The van der Waals surface area contributed by atoms with Crippen molar-refractivity contribution < 1.29 is 4.79 Å². The Bertz CT molecular complexity index is 648. The second-order valence-corrected chi connectivity index (χ2v) is 6.30. The lowest BCUT2D eigenvalue weighted by Crippen LogP contribution is -2.39. The molecule has 2 aromatic rings. The molecular formula is C16H24N6O. The van der Waals surface area contributed by atoms with Gasteiger partial charge in [-0.05, 0) is 39.2 Å². The number of aromatic amines is 1. The first-order valence-corrected chi connectivity index (χ1v) is 8.27. The molecule has 0 unspecified atom stereocenters. The number of H-pyrrole nitrogens is 1. The Labute approximate surface area is 136 Å². The summed E-state index contributed by atoms with van der Waals surface area (Å²) in [6, 6.07) is 2.06. The molecule has 1 amide bonds. The minimum Gasteiger partial charge on any atom is -0.342 e. The van der Waals surface area contributed by atoms with Gasteiger partial charge >= 0.3 is 0 Å². The topological polar surface area (TPSA) is 79.7 Å². The Morgan fingerprint density at radius 3 is 3.00 bits per heavy atom. The fourth-order valence-corrected chi connectivity index (χ4v) is 3.28. The molecule has 1 aliphatic rings. The van der Waals surface area contributed by atoms with Gasteiger partial charge in [-0.1, -0.05) is 0 Å². The van der Waals surface area contributed by atoms with Gasteiger partial charge in [0.15, 0.2) is 0 Å². The zero-order chi connectivity index (χ0) is 16.2. The minimum atomic E-state index is 0.232.